The predicted molar refractivity (Wildman–Crippen MR) is 135 cm³/mol. The molecule has 21 nitrogen and oxygen atoms in total. The van der Waals surface area contributed by atoms with E-state index in [-0.39, 0.29) is 6.29 Å². The molecule has 3 rings (SSSR count). The lowest BCUT2D eigenvalue weighted by Crippen LogP contribution is -2.65. The molecule has 0 spiro atoms. The summed E-state index contributed by atoms with van der Waals surface area (Å²) in [5, 5.41) is 141. The van der Waals surface area contributed by atoms with Gasteiger partial charge in [0.15, 0.2) is 25.2 Å². The summed E-state index contributed by atoms with van der Waals surface area (Å²) in [6.07, 6.45) is -35.3. The van der Waals surface area contributed by atoms with Gasteiger partial charge in [0.05, 0.1) is 26.4 Å². The van der Waals surface area contributed by atoms with Crippen molar-refractivity contribution in [3.63, 3.8) is 0 Å². The average Bonchev–Trinajstić information content (AvgIpc) is 3.04. The highest BCUT2D eigenvalue weighted by atomic mass is 16.8. The molecule has 0 aromatic rings. The summed E-state index contributed by atoms with van der Waals surface area (Å²) in [5.74, 6) is 0. The SMILES string of the molecule is O=C[C@H](OC1O[C@H](CO)[C@@H](O)[C@H](O)[C@H]1O)[C@@H](O)[C@H](O)[C@H](O)COC1O[C@H](CO)[C@@H](O)[C@H](O)[C@H]1OC1O[C@H](CO)[C@@H](O)[C@H](O)[C@H]1O. The molecule has 3 heterocycles. The van der Waals surface area contributed by atoms with Crippen LogP contribution in [0.1, 0.15) is 0 Å². The number of aliphatic hydroxyl groups excluding tert-OH is 14. The Kier molecular flexibility index (Phi) is 14.3. The first-order chi connectivity index (χ1) is 21.2. The summed E-state index contributed by atoms with van der Waals surface area (Å²) in [6.45, 7) is -3.47. The van der Waals surface area contributed by atoms with Gasteiger partial charge in [-0.25, -0.2) is 0 Å². The van der Waals surface area contributed by atoms with Crippen molar-refractivity contribution in [3.8, 4) is 0 Å². The van der Waals surface area contributed by atoms with Crippen LogP contribution in [0.2, 0.25) is 0 Å². The zero-order valence-corrected chi connectivity index (χ0v) is 23.5. The highest BCUT2D eigenvalue weighted by Crippen LogP contribution is 2.30. The minimum absolute atomic E-state index is 0.0406. The Morgan fingerprint density at radius 2 is 1.02 bits per heavy atom. The average molecular weight is 667 g/mol. The number of rotatable bonds is 14. The number of aldehydes is 1. The largest absolute Gasteiger partial charge is 0.394 e. The van der Waals surface area contributed by atoms with Crippen molar-refractivity contribution in [3.05, 3.63) is 0 Å². The van der Waals surface area contributed by atoms with Crippen molar-refractivity contribution in [2.24, 2.45) is 0 Å². The van der Waals surface area contributed by atoms with Crippen molar-refractivity contribution in [1.29, 1.82) is 0 Å². The number of hydrogen-bond acceptors (Lipinski definition) is 21. The van der Waals surface area contributed by atoms with E-state index in [1.165, 1.54) is 0 Å². The minimum atomic E-state index is -2.25. The van der Waals surface area contributed by atoms with Crippen LogP contribution in [-0.4, -0.2) is 221 Å². The van der Waals surface area contributed by atoms with Gasteiger partial charge in [-0.05, 0) is 0 Å². The molecule has 19 atom stereocenters. The van der Waals surface area contributed by atoms with Gasteiger partial charge in [0.2, 0.25) is 0 Å². The third-order valence-corrected chi connectivity index (χ3v) is 7.75. The predicted octanol–water partition coefficient (Wildman–Crippen LogP) is -9.91. The first-order valence-electron chi connectivity index (χ1n) is 13.9. The third kappa shape index (κ3) is 8.48. The normalized spacial score (nSPS) is 45.4. The molecule has 3 aliphatic heterocycles. The Morgan fingerprint density at radius 3 is 1.51 bits per heavy atom. The zero-order valence-electron chi connectivity index (χ0n) is 23.5. The molecule has 3 aliphatic rings. The molecule has 0 bridgehead atoms. The summed E-state index contributed by atoms with van der Waals surface area (Å²) in [6, 6.07) is 0. The zero-order chi connectivity index (χ0) is 33.7. The highest BCUT2D eigenvalue weighted by Gasteiger charge is 2.51. The molecular formula is C24H42O21. The van der Waals surface area contributed by atoms with Crippen LogP contribution in [0, 0.1) is 0 Å². The van der Waals surface area contributed by atoms with Crippen LogP contribution in [0.15, 0.2) is 0 Å². The van der Waals surface area contributed by atoms with E-state index >= 15 is 0 Å². The maximum absolute atomic E-state index is 11.6. The fourth-order valence-corrected chi connectivity index (χ4v) is 4.91. The molecule has 3 unspecified atom stereocenters. The van der Waals surface area contributed by atoms with Gasteiger partial charge in [0.1, 0.15) is 97.7 Å². The van der Waals surface area contributed by atoms with Crippen LogP contribution in [0.3, 0.4) is 0 Å². The van der Waals surface area contributed by atoms with E-state index < -0.39 is 143 Å². The van der Waals surface area contributed by atoms with Gasteiger partial charge in [0, 0.05) is 0 Å². The summed E-state index contributed by atoms with van der Waals surface area (Å²) in [5.41, 5.74) is 0. The molecule has 21 heteroatoms. The van der Waals surface area contributed by atoms with Gasteiger partial charge >= 0.3 is 0 Å². The second kappa shape index (κ2) is 16.8. The molecule has 3 saturated heterocycles. The molecule has 0 radical (unpaired) electrons. The summed E-state index contributed by atoms with van der Waals surface area (Å²) >= 11 is 0. The smallest absolute Gasteiger partial charge is 0.187 e. The van der Waals surface area contributed by atoms with E-state index in [2.05, 4.69) is 0 Å². The Bertz CT molecular complexity index is 897. The molecule has 264 valence electrons. The van der Waals surface area contributed by atoms with Crippen molar-refractivity contribution in [1.82, 2.24) is 0 Å². The van der Waals surface area contributed by atoms with E-state index in [0.29, 0.717) is 0 Å². The minimum Gasteiger partial charge on any atom is -0.394 e. The lowest BCUT2D eigenvalue weighted by atomic mass is 9.97. The van der Waals surface area contributed by atoms with Crippen molar-refractivity contribution < 1.29 is 105 Å². The van der Waals surface area contributed by atoms with E-state index in [9.17, 15) is 76.3 Å². The van der Waals surface area contributed by atoms with Crippen LogP contribution in [0.25, 0.3) is 0 Å². The Balaban J connectivity index is 1.67. The summed E-state index contributed by atoms with van der Waals surface area (Å²) in [7, 11) is 0. The Labute approximate surface area is 254 Å². The molecule has 0 aromatic carbocycles. The van der Waals surface area contributed by atoms with E-state index in [1.54, 1.807) is 0 Å². The first-order valence-corrected chi connectivity index (χ1v) is 13.9. The van der Waals surface area contributed by atoms with Gasteiger partial charge in [-0.2, -0.15) is 0 Å². The molecule has 0 aliphatic carbocycles. The molecule has 0 saturated carbocycles. The monoisotopic (exact) mass is 666 g/mol. The first kappa shape index (κ1) is 38.3. The Hall–Kier alpha value is -1.13. The maximum atomic E-state index is 11.6. The Morgan fingerprint density at radius 1 is 0.578 bits per heavy atom. The molecule has 45 heavy (non-hydrogen) atoms. The topological polar surface area (TPSA) is 356 Å². The lowest BCUT2D eigenvalue weighted by Gasteiger charge is -2.46. The van der Waals surface area contributed by atoms with E-state index in [4.69, 9.17) is 28.4 Å². The second-order valence-electron chi connectivity index (χ2n) is 10.8. The van der Waals surface area contributed by atoms with Crippen LogP contribution in [0.4, 0.5) is 0 Å². The van der Waals surface area contributed by atoms with Gasteiger partial charge in [-0.3, -0.25) is 0 Å². The number of ether oxygens (including phenoxy) is 6. The van der Waals surface area contributed by atoms with Crippen LogP contribution >= 0.6 is 0 Å². The van der Waals surface area contributed by atoms with Gasteiger partial charge in [0.25, 0.3) is 0 Å². The fraction of sp³-hybridized carbons (Fsp3) is 0.958. The quantitative estimate of drug-likeness (QED) is 0.0765. The second-order valence-corrected chi connectivity index (χ2v) is 10.8. The molecule has 14 N–H and O–H groups in total. The van der Waals surface area contributed by atoms with Crippen molar-refractivity contribution in [2.75, 3.05) is 26.4 Å². The number of hydrogen-bond donors (Lipinski definition) is 14. The van der Waals surface area contributed by atoms with Gasteiger partial charge < -0.3 is 105 Å². The standard InChI is InChI=1S/C24H42O21/c25-1-7(41-22-19(38)16(35)13(32)8(2-26)42-22)12(31)11(30)6(29)5-40-24-21(18(37)15(34)10(4-28)44-24)45-23-20(39)17(36)14(33)9(3-27)43-23/h1,6-24,26-39H,2-5H2/t6-,7+,8-,9-,10-,11-,12-,13-,14-,15-,16+,17+,18+,19-,20-,21-,22?,23?,24?/m1/s1. The molecule has 3 fully saturated rings. The van der Waals surface area contributed by atoms with Crippen LogP contribution < -0.4 is 0 Å². The number of carbonyl (C=O) groups excluding carboxylic acids is 1. The molecule has 0 amide bonds. The van der Waals surface area contributed by atoms with E-state index in [0.717, 1.165) is 0 Å². The summed E-state index contributed by atoms with van der Waals surface area (Å²) < 4.78 is 31.6. The lowest BCUT2D eigenvalue weighted by molar-refractivity contribution is -0.369. The molecular weight excluding hydrogens is 624 g/mol. The van der Waals surface area contributed by atoms with Crippen LogP contribution in [-0.2, 0) is 33.2 Å². The maximum Gasteiger partial charge on any atom is 0.187 e. The summed E-state index contributed by atoms with van der Waals surface area (Å²) in [4.78, 5) is 11.6. The van der Waals surface area contributed by atoms with Crippen molar-refractivity contribution in [2.45, 2.75) is 117 Å². The highest BCUT2D eigenvalue weighted by molar-refractivity contribution is 5.57. The number of aliphatic hydroxyl groups is 14. The van der Waals surface area contributed by atoms with Crippen LogP contribution in [0.5, 0.6) is 0 Å². The molecule has 0 aromatic heterocycles. The van der Waals surface area contributed by atoms with Gasteiger partial charge in [-0.1, -0.05) is 0 Å². The van der Waals surface area contributed by atoms with Gasteiger partial charge in [-0.15, -0.1) is 0 Å². The van der Waals surface area contributed by atoms with Crippen molar-refractivity contribution >= 4 is 6.29 Å². The fourth-order valence-electron chi connectivity index (χ4n) is 4.91. The third-order valence-electron chi connectivity index (χ3n) is 7.75. The number of carbonyl (C=O) groups is 1. The van der Waals surface area contributed by atoms with E-state index in [1.807, 2.05) is 0 Å².